The van der Waals surface area contributed by atoms with Crippen molar-refractivity contribution in [1.82, 2.24) is 4.90 Å². The minimum Gasteiger partial charge on any atom is -0.391 e. The molecular weight excluding hydrogens is 232 g/mol. The first-order valence-corrected chi connectivity index (χ1v) is 6.36. The average Bonchev–Trinajstić information content (AvgIpc) is 2.32. The minimum absolute atomic E-state index is 0.249. The maximum atomic E-state index is 9.60. The normalized spacial score (nSPS) is 20.1. The number of thiocarbonyl (C=S) groups is 1. The molecule has 0 amide bonds. The molecule has 1 aliphatic rings. The van der Waals surface area contributed by atoms with Gasteiger partial charge in [-0.2, -0.15) is 0 Å². The number of rotatable bonds is 1. The molecule has 1 saturated heterocycles. The molecule has 3 nitrogen and oxygen atoms in total. The van der Waals surface area contributed by atoms with Crippen molar-refractivity contribution < 1.29 is 5.11 Å². The summed E-state index contributed by atoms with van der Waals surface area (Å²) in [5, 5.41) is 13.5. The van der Waals surface area contributed by atoms with Gasteiger partial charge < -0.3 is 15.3 Å². The predicted molar refractivity (Wildman–Crippen MR) is 74.2 cm³/mol. The van der Waals surface area contributed by atoms with Crippen LogP contribution in [0.15, 0.2) is 24.3 Å². The Balaban J connectivity index is 1.94. The van der Waals surface area contributed by atoms with Crippen molar-refractivity contribution >= 4 is 23.0 Å². The van der Waals surface area contributed by atoms with Crippen LogP contribution in [0.25, 0.3) is 0 Å². The summed E-state index contributed by atoms with van der Waals surface area (Å²) in [4.78, 5) is 2.03. The lowest BCUT2D eigenvalue weighted by atomic mass is 10.1. The smallest absolute Gasteiger partial charge is 0.173 e. The molecule has 0 spiro atoms. The number of nitrogens with zero attached hydrogens (tertiary/aromatic N) is 1. The number of aliphatic hydroxyl groups is 1. The van der Waals surface area contributed by atoms with E-state index in [4.69, 9.17) is 12.2 Å². The highest BCUT2D eigenvalue weighted by molar-refractivity contribution is 7.80. The molecule has 0 unspecified atom stereocenters. The fourth-order valence-electron chi connectivity index (χ4n) is 1.98. The highest BCUT2D eigenvalue weighted by atomic mass is 32.1. The molecule has 0 aliphatic carbocycles. The van der Waals surface area contributed by atoms with Gasteiger partial charge in [-0.25, -0.2) is 0 Å². The Morgan fingerprint density at radius 1 is 1.41 bits per heavy atom. The fourth-order valence-corrected chi connectivity index (χ4v) is 2.26. The van der Waals surface area contributed by atoms with E-state index in [1.807, 2.05) is 17.0 Å². The van der Waals surface area contributed by atoms with Gasteiger partial charge in [0.1, 0.15) is 0 Å². The summed E-state index contributed by atoms with van der Waals surface area (Å²) >= 11 is 5.35. The van der Waals surface area contributed by atoms with Crippen molar-refractivity contribution in [2.75, 3.05) is 18.4 Å². The van der Waals surface area contributed by atoms with E-state index in [0.29, 0.717) is 11.7 Å². The van der Waals surface area contributed by atoms with Crippen molar-refractivity contribution in [2.45, 2.75) is 25.9 Å². The summed E-state index contributed by atoms with van der Waals surface area (Å²) in [6.45, 7) is 3.62. The summed E-state index contributed by atoms with van der Waals surface area (Å²) in [6, 6.07) is 8.13. The molecule has 1 fully saturated rings. The molecule has 0 saturated carbocycles. The van der Waals surface area contributed by atoms with Crippen LogP contribution >= 0.6 is 12.2 Å². The maximum Gasteiger partial charge on any atom is 0.173 e. The molecule has 1 aromatic rings. The van der Waals surface area contributed by atoms with Gasteiger partial charge in [0.2, 0.25) is 0 Å². The Morgan fingerprint density at radius 2 is 2.12 bits per heavy atom. The van der Waals surface area contributed by atoms with E-state index >= 15 is 0 Å². The van der Waals surface area contributed by atoms with Crippen LogP contribution in [0, 0.1) is 6.92 Å². The zero-order chi connectivity index (χ0) is 12.3. The van der Waals surface area contributed by atoms with Gasteiger partial charge in [0.15, 0.2) is 5.11 Å². The number of β-amino-alcohol motifs (C(OH)–C–C–N with tert-alkyl or cyclic N) is 1. The van der Waals surface area contributed by atoms with Crippen LogP contribution in [0.5, 0.6) is 0 Å². The minimum atomic E-state index is -0.249. The van der Waals surface area contributed by atoms with Crippen LogP contribution in [0.1, 0.15) is 18.4 Å². The number of aryl methyl sites for hydroxylation is 1. The molecule has 0 aromatic heterocycles. The molecule has 0 bridgehead atoms. The maximum absolute atomic E-state index is 9.60. The first-order chi connectivity index (χ1) is 8.15. The summed E-state index contributed by atoms with van der Waals surface area (Å²) in [5.74, 6) is 0. The van der Waals surface area contributed by atoms with Gasteiger partial charge in [-0.3, -0.25) is 0 Å². The third-order valence-corrected chi connectivity index (χ3v) is 3.35. The highest BCUT2D eigenvalue weighted by Crippen LogP contribution is 2.13. The molecule has 0 radical (unpaired) electrons. The lowest BCUT2D eigenvalue weighted by Crippen LogP contribution is -2.44. The van der Waals surface area contributed by atoms with E-state index in [2.05, 4.69) is 24.4 Å². The number of hydrogen-bond donors (Lipinski definition) is 2. The van der Waals surface area contributed by atoms with E-state index in [1.54, 1.807) is 0 Å². The third-order valence-electron chi connectivity index (χ3n) is 2.99. The number of piperidine rings is 1. The van der Waals surface area contributed by atoms with E-state index in [9.17, 15) is 5.11 Å². The second-order valence-electron chi connectivity index (χ2n) is 4.54. The van der Waals surface area contributed by atoms with Gasteiger partial charge in [-0.05, 0) is 44.1 Å². The molecule has 1 aliphatic heterocycles. The Morgan fingerprint density at radius 3 is 2.76 bits per heavy atom. The molecule has 2 N–H and O–H groups in total. The number of likely N-dealkylation sites (tertiary alicyclic amines) is 1. The van der Waals surface area contributed by atoms with Crippen LogP contribution in [0.3, 0.4) is 0 Å². The van der Waals surface area contributed by atoms with Gasteiger partial charge >= 0.3 is 0 Å². The standard InChI is InChI=1S/C13H18N2OS/c1-10-4-6-11(7-5-10)14-13(17)15-8-2-3-12(16)9-15/h4-7,12,16H,2-3,8-9H2,1H3,(H,14,17)/t12-/m1/s1. The largest absolute Gasteiger partial charge is 0.391 e. The van der Waals surface area contributed by atoms with Gasteiger partial charge in [-0.15, -0.1) is 0 Å². The third kappa shape index (κ3) is 3.41. The predicted octanol–water partition coefficient (Wildman–Crippen LogP) is 2.15. The molecule has 1 aromatic carbocycles. The molecule has 17 heavy (non-hydrogen) atoms. The summed E-state index contributed by atoms with van der Waals surface area (Å²) in [7, 11) is 0. The number of anilines is 1. The van der Waals surface area contributed by atoms with Gasteiger partial charge in [0.05, 0.1) is 6.10 Å². The highest BCUT2D eigenvalue weighted by Gasteiger charge is 2.19. The molecule has 92 valence electrons. The number of hydrogen-bond acceptors (Lipinski definition) is 2. The van der Waals surface area contributed by atoms with E-state index in [-0.39, 0.29) is 6.10 Å². The van der Waals surface area contributed by atoms with E-state index in [1.165, 1.54) is 5.56 Å². The first-order valence-electron chi connectivity index (χ1n) is 5.96. The summed E-state index contributed by atoms with van der Waals surface area (Å²) < 4.78 is 0. The Hall–Kier alpha value is -1.13. The second kappa shape index (κ2) is 5.47. The van der Waals surface area contributed by atoms with Crippen molar-refractivity contribution in [3.63, 3.8) is 0 Å². The summed E-state index contributed by atoms with van der Waals surface area (Å²) in [5.41, 5.74) is 2.23. The fraction of sp³-hybridized carbons (Fsp3) is 0.462. The second-order valence-corrected chi connectivity index (χ2v) is 4.92. The molecule has 1 heterocycles. The van der Waals surface area contributed by atoms with Crippen LogP contribution < -0.4 is 5.32 Å². The van der Waals surface area contributed by atoms with Crippen molar-refractivity contribution in [3.8, 4) is 0 Å². The van der Waals surface area contributed by atoms with Gasteiger partial charge in [0, 0.05) is 18.8 Å². The van der Waals surface area contributed by atoms with Crippen LogP contribution in [-0.2, 0) is 0 Å². The van der Waals surface area contributed by atoms with Crippen LogP contribution in [0.4, 0.5) is 5.69 Å². The quantitative estimate of drug-likeness (QED) is 0.749. The molecule has 4 heteroatoms. The average molecular weight is 250 g/mol. The Kier molecular flexibility index (Phi) is 3.97. The monoisotopic (exact) mass is 250 g/mol. The van der Waals surface area contributed by atoms with Gasteiger partial charge in [0.25, 0.3) is 0 Å². The van der Waals surface area contributed by atoms with Gasteiger partial charge in [-0.1, -0.05) is 17.7 Å². The lowest BCUT2D eigenvalue weighted by molar-refractivity contribution is 0.104. The van der Waals surface area contributed by atoms with E-state index in [0.717, 1.165) is 25.1 Å². The SMILES string of the molecule is Cc1ccc(NC(=S)N2CCC[C@@H](O)C2)cc1. The van der Waals surface area contributed by atoms with Crippen molar-refractivity contribution in [3.05, 3.63) is 29.8 Å². The number of benzene rings is 1. The van der Waals surface area contributed by atoms with Crippen LogP contribution in [0.2, 0.25) is 0 Å². The van der Waals surface area contributed by atoms with Crippen molar-refractivity contribution in [2.24, 2.45) is 0 Å². The van der Waals surface area contributed by atoms with E-state index < -0.39 is 0 Å². The first kappa shape index (κ1) is 12.3. The topological polar surface area (TPSA) is 35.5 Å². The van der Waals surface area contributed by atoms with Crippen molar-refractivity contribution in [1.29, 1.82) is 0 Å². The molecular formula is C13H18N2OS. The number of nitrogens with one attached hydrogen (secondary N) is 1. The summed E-state index contributed by atoms with van der Waals surface area (Å²) in [6.07, 6.45) is 1.63. The Bertz CT molecular complexity index is 391. The lowest BCUT2D eigenvalue weighted by Gasteiger charge is -2.32. The zero-order valence-electron chi connectivity index (χ0n) is 10.0. The zero-order valence-corrected chi connectivity index (χ0v) is 10.8. The molecule has 1 atom stereocenters. The van der Waals surface area contributed by atoms with Crippen LogP contribution in [-0.4, -0.2) is 34.3 Å². The number of aliphatic hydroxyl groups excluding tert-OH is 1. The molecule has 2 rings (SSSR count). The Labute approximate surface area is 107 Å².